The predicted octanol–water partition coefficient (Wildman–Crippen LogP) is 4.07. The normalized spacial score (nSPS) is 16.2. The number of amides is 1. The van der Waals surface area contributed by atoms with E-state index in [1.807, 2.05) is 31.2 Å². The summed E-state index contributed by atoms with van der Waals surface area (Å²) in [6.07, 6.45) is 0. The Hall–Kier alpha value is -1.85. The maximum Gasteiger partial charge on any atom is 0.234 e. The van der Waals surface area contributed by atoms with Crippen LogP contribution in [-0.2, 0) is 4.79 Å². The first-order valence-corrected chi connectivity index (χ1v) is 10.3. The van der Waals surface area contributed by atoms with Gasteiger partial charge in [0.25, 0.3) is 0 Å². The molecular formula is C22H28BrN3O. The number of rotatable bonds is 5. The molecule has 4 nitrogen and oxygen atoms in total. The van der Waals surface area contributed by atoms with Crippen LogP contribution < -0.4 is 10.2 Å². The van der Waals surface area contributed by atoms with Crippen LogP contribution in [0.2, 0.25) is 0 Å². The Labute approximate surface area is 170 Å². The van der Waals surface area contributed by atoms with Crippen molar-refractivity contribution in [2.75, 3.05) is 37.6 Å². The SMILES string of the molecule is Cc1cccc(N2CCN(CC(=O)NC(C)c3ccc(Br)cc3)CC2)c1C. The first kappa shape index (κ1) is 19.9. The first-order valence-electron chi connectivity index (χ1n) is 9.52. The molecule has 1 aliphatic heterocycles. The number of carbonyl (C=O) groups excluding carboxylic acids is 1. The van der Waals surface area contributed by atoms with Gasteiger partial charge in [-0.2, -0.15) is 0 Å². The van der Waals surface area contributed by atoms with Crippen LogP contribution in [-0.4, -0.2) is 43.5 Å². The van der Waals surface area contributed by atoms with Crippen LogP contribution in [0.4, 0.5) is 5.69 Å². The maximum absolute atomic E-state index is 12.4. The van der Waals surface area contributed by atoms with E-state index in [4.69, 9.17) is 0 Å². The number of nitrogens with zero attached hydrogens (tertiary/aromatic N) is 2. The van der Waals surface area contributed by atoms with E-state index >= 15 is 0 Å². The van der Waals surface area contributed by atoms with Crippen LogP contribution in [0.3, 0.4) is 0 Å². The molecule has 1 saturated heterocycles. The topological polar surface area (TPSA) is 35.6 Å². The number of benzene rings is 2. The monoisotopic (exact) mass is 429 g/mol. The minimum absolute atomic E-state index is 0.0156. The van der Waals surface area contributed by atoms with Gasteiger partial charge in [-0.15, -0.1) is 0 Å². The van der Waals surface area contributed by atoms with E-state index in [1.165, 1.54) is 16.8 Å². The minimum atomic E-state index is 0.0156. The standard InChI is InChI=1S/C22H28BrN3O/c1-16-5-4-6-21(17(16)2)26-13-11-25(12-14-26)15-22(27)24-18(3)19-7-9-20(23)10-8-19/h4-10,18H,11-15H2,1-3H3,(H,24,27). The van der Waals surface area contributed by atoms with E-state index in [2.05, 4.69) is 63.1 Å². The van der Waals surface area contributed by atoms with Gasteiger partial charge < -0.3 is 10.2 Å². The largest absolute Gasteiger partial charge is 0.369 e. The van der Waals surface area contributed by atoms with Crippen molar-refractivity contribution >= 4 is 27.5 Å². The molecule has 144 valence electrons. The van der Waals surface area contributed by atoms with E-state index in [9.17, 15) is 4.79 Å². The highest BCUT2D eigenvalue weighted by molar-refractivity contribution is 9.10. The molecule has 1 fully saturated rings. The second-order valence-corrected chi connectivity index (χ2v) is 8.24. The summed E-state index contributed by atoms with van der Waals surface area (Å²) in [5, 5.41) is 3.11. The van der Waals surface area contributed by atoms with Crippen molar-refractivity contribution in [2.24, 2.45) is 0 Å². The fraction of sp³-hybridized carbons (Fsp3) is 0.409. The molecular weight excluding hydrogens is 402 g/mol. The molecule has 2 aromatic rings. The summed E-state index contributed by atoms with van der Waals surface area (Å²) in [6.45, 7) is 10.6. The van der Waals surface area contributed by atoms with Crippen molar-refractivity contribution in [3.63, 3.8) is 0 Å². The van der Waals surface area contributed by atoms with Gasteiger partial charge in [-0.05, 0) is 55.7 Å². The van der Waals surface area contributed by atoms with Gasteiger partial charge in [0.1, 0.15) is 0 Å². The number of piperazine rings is 1. The number of hydrogen-bond donors (Lipinski definition) is 1. The number of halogens is 1. The first-order chi connectivity index (χ1) is 12.9. The van der Waals surface area contributed by atoms with Crippen molar-refractivity contribution in [3.8, 4) is 0 Å². The maximum atomic E-state index is 12.4. The van der Waals surface area contributed by atoms with Gasteiger partial charge in [0.05, 0.1) is 12.6 Å². The Morgan fingerprint density at radius 2 is 1.74 bits per heavy atom. The molecule has 0 saturated carbocycles. The Morgan fingerprint density at radius 1 is 1.07 bits per heavy atom. The third-order valence-corrected chi connectivity index (χ3v) is 5.93. The zero-order valence-electron chi connectivity index (χ0n) is 16.3. The fourth-order valence-corrected chi connectivity index (χ4v) is 3.81. The second-order valence-electron chi connectivity index (χ2n) is 7.32. The molecule has 5 heteroatoms. The highest BCUT2D eigenvalue weighted by atomic mass is 79.9. The van der Waals surface area contributed by atoms with Crippen molar-refractivity contribution < 1.29 is 4.79 Å². The zero-order valence-corrected chi connectivity index (χ0v) is 17.9. The van der Waals surface area contributed by atoms with Crippen molar-refractivity contribution in [3.05, 3.63) is 63.6 Å². The molecule has 1 N–H and O–H groups in total. The summed E-state index contributed by atoms with van der Waals surface area (Å²) in [6, 6.07) is 14.6. The van der Waals surface area contributed by atoms with E-state index in [0.29, 0.717) is 6.54 Å². The second kappa shape index (κ2) is 8.89. The van der Waals surface area contributed by atoms with Crippen LogP contribution >= 0.6 is 15.9 Å². The molecule has 0 aromatic heterocycles. The molecule has 1 aliphatic rings. The summed E-state index contributed by atoms with van der Waals surface area (Å²) in [5.74, 6) is 0.0885. The number of anilines is 1. The fourth-order valence-electron chi connectivity index (χ4n) is 3.55. The highest BCUT2D eigenvalue weighted by Gasteiger charge is 2.21. The molecule has 1 unspecified atom stereocenters. The summed E-state index contributed by atoms with van der Waals surface area (Å²) < 4.78 is 1.05. The van der Waals surface area contributed by atoms with Gasteiger partial charge in [0.15, 0.2) is 0 Å². The van der Waals surface area contributed by atoms with Gasteiger partial charge in [-0.25, -0.2) is 0 Å². The quantitative estimate of drug-likeness (QED) is 0.777. The summed E-state index contributed by atoms with van der Waals surface area (Å²) >= 11 is 3.44. The molecule has 0 radical (unpaired) electrons. The molecule has 0 aliphatic carbocycles. The van der Waals surface area contributed by atoms with Crippen LogP contribution in [0.5, 0.6) is 0 Å². The van der Waals surface area contributed by atoms with Gasteiger partial charge >= 0.3 is 0 Å². The minimum Gasteiger partial charge on any atom is -0.369 e. The van der Waals surface area contributed by atoms with E-state index in [-0.39, 0.29) is 11.9 Å². The van der Waals surface area contributed by atoms with Crippen LogP contribution in [0, 0.1) is 13.8 Å². The van der Waals surface area contributed by atoms with Gasteiger partial charge in [0.2, 0.25) is 5.91 Å². The lowest BCUT2D eigenvalue weighted by Crippen LogP contribution is -2.49. The summed E-state index contributed by atoms with van der Waals surface area (Å²) in [5.41, 5.74) is 5.12. The Balaban J connectivity index is 1.49. The van der Waals surface area contributed by atoms with Gasteiger partial charge in [-0.3, -0.25) is 9.69 Å². The number of hydrogen-bond acceptors (Lipinski definition) is 3. The third-order valence-electron chi connectivity index (χ3n) is 5.40. The highest BCUT2D eigenvalue weighted by Crippen LogP contribution is 2.24. The molecule has 2 aromatic carbocycles. The molecule has 1 amide bonds. The van der Waals surface area contributed by atoms with Crippen molar-refractivity contribution in [1.82, 2.24) is 10.2 Å². The van der Waals surface area contributed by atoms with Crippen molar-refractivity contribution in [2.45, 2.75) is 26.8 Å². The number of nitrogens with one attached hydrogen (secondary N) is 1. The van der Waals surface area contributed by atoms with Gasteiger partial charge in [-0.1, -0.05) is 40.2 Å². The molecule has 1 heterocycles. The molecule has 27 heavy (non-hydrogen) atoms. The Kier molecular flexibility index (Phi) is 6.55. The molecule has 1 atom stereocenters. The van der Waals surface area contributed by atoms with Crippen molar-refractivity contribution in [1.29, 1.82) is 0 Å². The smallest absolute Gasteiger partial charge is 0.234 e. The third kappa shape index (κ3) is 5.11. The van der Waals surface area contributed by atoms with Gasteiger partial charge in [0, 0.05) is 36.3 Å². The Bertz CT molecular complexity index is 783. The molecule has 3 rings (SSSR count). The molecule has 0 bridgehead atoms. The lowest BCUT2D eigenvalue weighted by Gasteiger charge is -2.36. The lowest BCUT2D eigenvalue weighted by atomic mass is 10.1. The average Bonchev–Trinajstić information content (AvgIpc) is 2.65. The number of aryl methyl sites for hydroxylation is 1. The van der Waals surface area contributed by atoms with Crippen LogP contribution in [0.25, 0.3) is 0 Å². The zero-order chi connectivity index (χ0) is 19.4. The Morgan fingerprint density at radius 3 is 2.41 bits per heavy atom. The van der Waals surface area contributed by atoms with Crippen LogP contribution in [0.15, 0.2) is 46.9 Å². The summed E-state index contributed by atoms with van der Waals surface area (Å²) in [7, 11) is 0. The lowest BCUT2D eigenvalue weighted by molar-refractivity contribution is -0.123. The van der Waals surface area contributed by atoms with Crippen LogP contribution in [0.1, 0.15) is 29.7 Å². The van der Waals surface area contributed by atoms with E-state index in [1.54, 1.807) is 0 Å². The van der Waals surface area contributed by atoms with E-state index in [0.717, 1.165) is 36.2 Å². The number of carbonyl (C=O) groups is 1. The summed E-state index contributed by atoms with van der Waals surface area (Å²) in [4.78, 5) is 17.1. The van der Waals surface area contributed by atoms with E-state index < -0.39 is 0 Å². The predicted molar refractivity (Wildman–Crippen MR) is 115 cm³/mol. The average molecular weight is 430 g/mol. The molecule has 0 spiro atoms.